The van der Waals surface area contributed by atoms with Crippen molar-refractivity contribution in [3.05, 3.63) is 11.9 Å². The fourth-order valence-corrected chi connectivity index (χ4v) is 1.26. The number of anilines is 1. The van der Waals surface area contributed by atoms with Crippen molar-refractivity contribution >= 4 is 11.6 Å². The molecule has 0 bridgehead atoms. The zero-order valence-electron chi connectivity index (χ0n) is 8.16. The summed E-state index contributed by atoms with van der Waals surface area (Å²) in [6.45, 7) is 2.08. The quantitative estimate of drug-likeness (QED) is 0.714. The molecular formula is C9H14N4O. The van der Waals surface area contributed by atoms with Crippen LogP contribution in [-0.4, -0.2) is 21.7 Å². The van der Waals surface area contributed by atoms with Crippen LogP contribution in [0.4, 0.5) is 5.69 Å². The van der Waals surface area contributed by atoms with Crippen LogP contribution in [0.25, 0.3) is 0 Å². The molecule has 5 heteroatoms. The molecular weight excluding hydrogens is 180 g/mol. The zero-order chi connectivity index (χ0) is 10.1. The first kappa shape index (κ1) is 9.05. The van der Waals surface area contributed by atoms with Gasteiger partial charge in [-0.1, -0.05) is 0 Å². The minimum Gasteiger partial charge on any atom is -0.396 e. The van der Waals surface area contributed by atoms with Gasteiger partial charge < -0.3 is 11.1 Å². The Labute approximate surface area is 82.3 Å². The summed E-state index contributed by atoms with van der Waals surface area (Å²) in [5, 5.41) is 7.00. The van der Waals surface area contributed by atoms with Gasteiger partial charge in [-0.15, -0.1) is 0 Å². The number of nitrogens with one attached hydrogen (secondary N) is 1. The molecule has 1 aliphatic rings. The summed E-state index contributed by atoms with van der Waals surface area (Å²) in [6, 6.07) is 0.400. The van der Waals surface area contributed by atoms with Crippen LogP contribution in [0.3, 0.4) is 0 Å². The number of nitrogens with zero attached hydrogens (tertiary/aromatic N) is 2. The minimum atomic E-state index is 0.00926. The monoisotopic (exact) mass is 194 g/mol. The van der Waals surface area contributed by atoms with Crippen molar-refractivity contribution < 1.29 is 4.79 Å². The highest BCUT2D eigenvalue weighted by molar-refractivity contribution is 5.76. The number of carbonyl (C=O) groups excluding carboxylic acids is 1. The molecule has 0 aliphatic heterocycles. The maximum atomic E-state index is 11.4. The topological polar surface area (TPSA) is 72.9 Å². The Morgan fingerprint density at radius 1 is 1.79 bits per heavy atom. The third kappa shape index (κ3) is 2.04. The molecule has 14 heavy (non-hydrogen) atoms. The molecule has 0 saturated heterocycles. The number of aromatic nitrogens is 2. The molecule has 1 fully saturated rings. The lowest BCUT2D eigenvalue weighted by Gasteiger charge is -2.02. The predicted octanol–water partition coefficient (Wildman–Crippen LogP) is 0.0523. The lowest BCUT2D eigenvalue weighted by atomic mass is 10.4. The molecule has 1 aliphatic carbocycles. The van der Waals surface area contributed by atoms with Gasteiger partial charge in [0.1, 0.15) is 6.54 Å². The van der Waals surface area contributed by atoms with Crippen molar-refractivity contribution in [2.24, 2.45) is 0 Å². The van der Waals surface area contributed by atoms with Gasteiger partial charge in [0.15, 0.2) is 0 Å². The number of amides is 1. The van der Waals surface area contributed by atoms with E-state index in [1.54, 1.807) is 10.9 Å². The smallest absolute Gasteiger partial charge is 0.241 e. The summed E-state index contributed by atoms with van der Waals surface area (Å²) in [5.41, 5.74) is 7.01. The molecule has 5 nitrogen and oxygen atoms in total. The Bertz CT molecular complexity index is 334. The van der Waals surface area contributed by atoms with E-state index in [1.165, 1.54) is 0 Å². The third-order valence-corrected chi connectivity index (χ3v) is 2.23. The molecule has 1 heterocycles. The van der Waals surface area contributed by atoms with Gasteiger partial charge in [-0.25, -0.2) is 0 Å². The molecule has 0 spiro atoms. The van der Waals surface area contributed by atoms with Gasteiger partial charge in [-0.2, -0.15) is 5.10 Å². The first-order valence-corrected chi connectivity index (χ1v) is 4.74. The summed E-state index contributed by atoms with van der Waals surface area (Å²) in [7, 11) is 0. The van der Waals surface area contributed by atoms with Gasteiger partial charge in [0.25, 0.3) is 0 Å². The highest BCUT2D eigenvalue weighted by atomic mass is 16.2. The molecule has 1 aromatic rings. The summed E-state index contributed by atoms with van der Waals surface area (Å²) >= 11 is 0. The number of hydrogen-bond donors (Lipinski definition) is 2. The van der Waals surface area contributed by atoms with Crippen molar-refractivity contribution in [2.75, 3.05) is 5.73 Å². The second kappa shape index (κ2) is 3.32. The van der Waals surface area contributed by atoms with Gasteiger partial charge in [0.2, 0.25) is 5.91 Å². The molecule has 2 rings (SSSR count). The summed E-state index contributed by atoms with van der Waals surface area (Å²) in [4.78, 5) is 11.4. The molecule has 3 N–H and O–H groups in total. The Hall–Kier alpha value is -1.52. The van der Waals surface area contributed by atoms with Crippen molar-refractivity contribution in [2.45, 2.75) is 32.4 Å². The predicted molar refractivity (Wildman–Crippen MR) is 52.5 cm³/mol. The van der Waals surface area contributed by atoms with Gasteiger partial charge >= 0.3 is 0 Å². The summed E-state index contributed by atoms with van der Waals surface area (Å²) in [5.74, 6) is 0.00926. The van der Waals surface area contributed by atoms with E-state index in [9.17, 15) is 4.79 Å². The minimum absolute atomic E-state index is 0.00926. The van der Waals surface area contributed by atoms with E-state index in [-0.39, 0.29) is 12.5 Å². The van der Waals surface area contributed by atoms with E-state index in [4.69, 9.17) is 5.73 Å². The first-order chi connectivity index (χ1) is 6.65. The molecule has 76 valence electrons. The summed E-state index contributed by atoms with van der Waals surface area (Å²) in [6.07, 6.45) is 3.89. The highest BCUT2D eigenvalue weighted by Gasteiger charge is 2.23. The van der Waals surface area contributed by atoms with Crippen LogP contribution in [-0.2, 0) is 11.3 Å². The van der Waals surface area contributed by atoms with Crippen LogP contribution < -0.4 is 11.1 Å². The fourth-order valence-electron chi connectivity index (χ4n) is 1.26. The standard InChI is InChI=1S/C9H14N4O/c1-6-8(10)4-13(12-6)5-9(14)11-7-2-3-7/h4,7H,2-3,5,10H2,1H3,(H,11,14). The van der Waals surface area contributed by atoms with Crippen LogP contribution in [0.15, 0.2) is 6.20 Å². The maximum absolute atomic E-state index is 11.4. The van der Waals surface area contributed by atoms with E-state index in [1.807, 2.05) is 6.92 Å². The van der Waals surface area contributed by atoms with E-state index in [0.29, 0.717) is 11.7 Å². The zero-order valence-corrected chi connectivity index (χ0v) is 8.16. The van der Waals surface area contributed by atoms with E-state index in [2.05, 4.69) is 10.4 Å². The van der Waals surface area contributed by atoms with Gasteiger partial charge in [-0.05, 0) is 19.8 Å². The van der Waals surface area contributed by atoms with Crippen molar-refractivity contribution in [3.8, 4) is 0 Å². The van der Waals surface area contributed by atoms with E-state index < -0.39 is 0 Å². The Kier molecular flexibility index (Phi) is 2.15. The molecule has 1 saturated carbocycles. The molecule has 1 amide bonds. The summed E-state index contributed by atoms with van der Waals surface area (Å²) < 4.78 is 1.57. The van der Waals surface area contributed by atoms with Gasteiger partial charge in [0.05, 0.1) is 11.4 Å². The normalized spacial score (nSPS) is 15.5. The molecule has 0 aromatic carbocycles. The van der Waals surface area contributed by atoms with E-state index in [0.717, 1.165) is 18.5 Å². The SMILES string of the molecule is Cc1nn(CC(=O)NC2CC2)cc1N. The van der Waals surface area contributed by atoms with Crippen molar-refractivity contribution in [1.29, 1.82) is 0 Å². The maximum Gasteiger partial charge on any atom is 0.241 e. The first-order valence-electron chi connectivity index (χ1n) is 4.74. The second-order valence-electron chi connectivity index (χ2n) is 3.71. The van der Waals surface area contributed by atoms with Gasteiger partial charge in [0, 0.05) is 12.2 Å². The lowest BCUT2D eigenvalue weighted by Crippen LogP contribution is -2.29. The Balaban J connectivity index is 1.92. The average Bonchev–Trinajstić information content (AvgIpc) is 2.82. The number of nitrogens with two attached hydrogens (primary N) is 1. The second-order valence-corrected chi connectivity index (χ2v) is 3.71. The Morgan fingerprint density at radius 3 is 3.00 bits per heavy atom. The Morgan fingerprint density at radius 2 is 2.50 bits per heavy atom. The molecule has 0 atom stereocenters. The molecule has 1 aromatic heterocycles. The van der Waals surface area contributed by atoms with Crippen molar-refractivity contribution in [1.82, 2.24) is 15.1 Å². The van der Waals surface area contributed by atoms with Crippen LogP contribution in [0.2, 0.25) is 0 Å². The van der Waals surface area contributed by atoms with Crippen LogP contribution >= 0.6 is 0 Å². The number of aryl methyl sites for hydroxylation is 1. The van der Waals surface area contributed by atoms with Crippen LogP contribution in [0, 0.1) is 6.92 Å². The number of nitrogen functional groups attached to an aromatic ring is 1. The number of rotatable bonds is 3. The average molecular weight is 194 g/mol. The molecule has 0 radical (unpaired) electrons. The highest BCUT2D eigenvalue weighted by Crippen LogP contribution is 2.18. The van der Waals surface area contributed by atoms with Crippen molar-refractivity contribution in [3.63, 3.8) is 0 Å². The van der Waals surface area contributed by atoms with Gasteiger partial charge in [-0.3, -0.25) is 9.48 Å². The van der Waals surface area contributed by atoms with E-state index >= 15 is 0 Å². The largest absolute Gasteiger partial charge is 0.396 e. The molecule has 0 unspecified atom stereocenters. The van der Waals surface area contributed by atoms with Crippen LogP contribution in [0.5, 0.6) is 0 Å². The lowest BCUT2D eigenvalue weighted by molar-refractivity contribution is -0.122. The fraction of sp³-hybridized carbons (Fsp3) is 0.556. The third-order valence-electron chi connectivity index (χ3n) is 2.23. The van der Waals surface area contributed by atoms with Crippen LogP contribution in [0.1, 0.15) is 18.5 Å². The number of hydrogen-bond acceptors (Lipinski definition) is 3. The number of carbonyl (C=O) groups is 1.